The molecule has 0 atom stereocenters. The molecule has 1 aliphatic carbocycles. The van der Waals surface area contributed by atoms with Crippen LogP contribution in [-0.4, -0.2) is 31.8 Å². The first-order valence-electron chi connectivity index (χ1n) is 11.0. The number of H-pyrrole nitrogens is 2. The Morgan fingerprint density at radius 1 is 0.750 bits per heavy atom. The van der Waals surface area contributed by atoms with E-state index in [4.69, 9.17) is 0 Å². The van der Waals surface area contributed by atoms with Gasteiger partial charge < -0.3 is 9.97 Å². The second-order valence-electron chi connectivity index (χ2n) is 8.74. The number of carbonyl (C=O) groups is 2. The molecule has 1 fully saturated rings. The second-order valence-corrected chi connectivity index (χ2v) is 8.74. The minimum atomic E-state index is -0.122. The van der Waals surface area contributed by atoms with Crippen LogP contribution in [0.1, 0.15) is 36.8 Å². The molecule has 2 aromatic heterocycles. The minimum absolute atomic E-state index is 0.0488. The predicted octanol–water partition coefficient (Wildman–Crippen LogP) is 4.44. The van der Waals surface area contributed by atoms with Crippen molar-refractivity contribution in [2.24, 2.45) is 11.8 Å². The number of nitrogens with one attached hydrogen (secondary N) is 4. The van der Waals surface area contributed by atoms with E-state index in [0.717, 1.165) is 33.2 Å². The highest BCUT2D eigenvalue weighted by Crippen LogP contribution is 2.30. The van der Waals surface area contributed by atoms with Crippen molar-refractivity contribution >= 4 is 45.8 Å². The van der Waals surface area contributed by atoms with Gasteiger partial charge in [-0.25, -0.2) is 9.97 Å². The summed E-state index contributed by atoms with van der Waals surface area (Å²) >= 11 is 0. The molecule has 1 saturated carbocycles. The number of rotatable bonds is 4. The summed E-state index contributed by atoms with van der Waals surface area (Å²) in [4.78, 5) is 40.6. The zero-order valence-corrected chi connectivity index (χ0v) is 18.2. The van der Waals surface area contributed by atoms with Gasteiger partial charge in [-0.05, 0) is 74.9 Å². The third kappa shape index (κ3) is 4.08. The Morgan fingerprint density at radius 3 is 1.56 bits per heavy atom. The molecule has 5 rings (SSSR count). The first kappa shape index (κ1) is 20.2. The number of aromatic nitrogens is 4. The largest absolute Gasteiger partial charge is 0.324 e. The molecule has 32 heavy (non-hydrogen) atoms. The van der Waals surface area contributed by atoms with Gasteiger partial charge in [0.05, 0.1) is 22.1 Å². The minimum Gasteiger partial charge on any atom is -0.324 e. The van der Waals surface area contributed by atoms with Gasteiger partial charge in [0, 0.05) is 11.8 Å². The molecule has 1 aliphatic rings. The van der Waals surface area contributed by atoms with Crippen molar-refractivity contribution in [1.82, 2.24) is 19.9 Å². The van der Waals surface area contributed by atoms with Crippen molar-refractivity contribution in [3.05, 3.63) is 47.5 Å². The molecule has 2 aromatic carbocycles. The molecule has 4 N–H and O–H groups in total. The molecule has 0 aliphatic heterocycles. The maximum absolute atomic E-state index is 12.7. The molecule has 0 unspecified atom stereocenters. The van der Waals surface area contributed by atoms with Crippen molar-refractivity contribution in [3.63, 3.8) is 0 Å². The fourth-order valence-electron chi connectivity index (χ4n) is 4.42. The number of amides is 2. The van der Waals surface area contributed by atoms with E-state index < -0.39 is 0 Å². The standard InChI is InChI=1S/C24H26N6O2/c1-13-3-9-17-19(11-13)27-23(25-17)29-21(31)15-5-7-16(8-6-15)22(32)30-24-26-18-10-4-14(2)12-20(18)28-24/h3-4,9-12,15-16H,5-8H2,1-2H3,(H2,25,27,29,31)(H2,26,28,30,32). The van der Waals surface area contributed by atoms with Crippen molar-refractivity contribution < 1.29 is 9.59 Å². The Morgan fingerprint density at radius 2 is 1.16 bits per heavy atom. The summed E-state index contributed by atoms with van der Waals surface area (Å²) in [5.74, 6) is 0.595. The Kier molecular flexibility index (Phi) is 5.13. The monoisotopic (exact) mass is 430 g/mol. The molecule has 0 saturated heterocycles. The van der Waals surface area contributed by atoms with E-state index in [1.165, 1.54) is 0 Å². The van der Waals surface area contributed by atoms with Crippen LogP contribution >= 0.6 is 0 Å². The van der Waals surface area contributed by atoms with Crippen LogP contribution < -0.4 is 10.6 Å². The molecule has 2 heterocycles. The van der Waals surface area contributed by atoms with Gasteiger partial charge in [-0.15, -0.1) is 0 Å². The average Bonchev–Trinajstić information content (AvgIpc) is 3.35. The summed E-state index contributed by atoms with van der Waals surface area (Å²) in [5, 5.41) is 5.81. The zero-order valence-electron chi connectivity index (χ0n) is 18.2. The fraction of sp³-hybridized carbons (Fsp3) is 0.333. The van der Waals surface area contributed by atoms with Gasteiger partial charge in [-0.1, -0.05) is 12.1 Å². The lowest BCUT2D eigenvalue weighted by atomic mass is 9.81. The summed E-state index contributed by atoms with van der Waals surface area (Å²) in [6, 6.07) is 11.9. The highest BCUT2D eigenvalue weighted by molar-refractivity contribution is 5.94. The van der Waals surface area contributed by atoms with E-state index >= 15 is 0 Å². The lowest BCUT2D eigenvalue weighted by molar-refractivity contribution is -0.125. The summed E-state index contributed by atoms with van der Waals surface area (Å²) in [6.07, 6.45) is 2.68. The fourth-order valence-corrected chi connectivity index (χ4v) is 4.42. The SMILES string of the molecule is Cc1ccc2nc(NC(=O)C3CCC(C(=O)Nc4nc5ccc(C)cc5[nH]4)CC3)[nH]c2c1. The van der Waals surface area contributed by atoms with Crippen LogP contribution in [0.15, 0.2) is 36.4 Å². The molecule has 0 spiro atoms. The third-order valence-electron chi connectivity index (χ3n) is 6.23. The Balaban J connectivity index is 1.16. The lowest BCUT2D eigenvalue weighted by Gasteiger charge is -2.26. The quantitative estimate of drug-likeness (QED) is 0.383. The van der Waals surface area contributed by atoms with Gasteiger partial charge in [0.15, 0.2) is 0 Å². The number of fused-ring (bicyclic) bond motifs is 2. The Labute approximate surface area is 185 Å². The molecule has 8 nitrogen and oxygen atoms in total. The molecular weight excluding hydrogens is 404 g/mol. The number of aromatic amines is 2. The van der Waals surface area contributed by atoms with Crippen LogP contribution in [0, 0.1) is 25.7 Å². The number of nitrogens with zero attached hydrogens (tertiary/aromatic N) is 2. The summed E-state index contributed by atoms with van der Waals surface area (Å²) in [5.41, 5.74) is 5.73. The number of carbonyl (C=O) groups excluding carboxylic acids is 2. The first-order valence-corrected chi connectivity index (χ1v) is 11.0. The lowest BCUT2D eigenvalue weighted by Crippen LogP contribution is -2.32. The number of imidazole rings is 2. The maximum Gasteiger partial charge on any atom is 0.229 e. The Bertz CT molecular complexity index is 1210. The maximum atomic E-state index is 12.7. The Hall–Kier alpha value is -3.68. The molecular formula is C24H26N6O2. The van der Waals surface area contributed by atoms with E-state index in [0.29, 0.717) is 37.6 Å². The normalized spacial score (nSPS) is 18.7. The molecule has 2 amide bonds. The average molecular weight is 431 g/mol. The smallest absolute Gasteiger partial charge is 0.229 e. The summed E-state index contributed by atoms with van der Waals surface area (Å²) in [7, 11) is 0. The van der Waals surface area contributed by atoms with E-state index in [2.05, 4.69) is 30.6 Å². The van der Waals surface area contributed by atoms with Crippen LogP contribution in [0.25, 0.3) is 22.1 Å². The predicted molar refractivity (Wildman–Crippen MR) is 124 cm³/mol. The number of aryl methyl sites for hydroxylation is 2. The molecule has 8 heteroatoms. The van der Waals surface area contributed by atoms with Gasteiger partial charge in [0.1, 0.15) is 0 Å². The number of hydrogen-bond donors (Lipinski definition) is 4. The van der Waals surface area contributed by atoms with Crippen LogP contribution in [0.2, 0.25) is 0 Å². The van der Waals surface area contributed by atoms with Gasteiger partial charge >= 0.3 is 0 Å². The summed E-state index contributed by atoms with van der Waals surface area (Å²) in [6.45, 7) is 4.03. The highest BCUT2D eigenvalue weighted by Gasteiger charge is 2.30. The highest BCUT2D eigenvalue weighted by atomic mass is 16.2. The zero-order chi connectivity index (χ0) is 22.2. The van der Waals surface area contributed by atoms with E-state index in [-0.39, 0.29) is 23.7 Å². The first-order chi connectivity index (χ1) is 15.4. The third-order valence-corrected chi connectivity index (χ3v) is 6.23. The topological polar surface area (TPSA) is 116 Å². The molecule has 164 valence electrons. The van der Waals surface area contributed by atoms with Crippen molar-refractivity contribution in [2.75, 3.05) is 10.6 Å². The molecule has 4 aromatic rings. The van der Waals surface area contributed by atoms with Crippen molar-refractivity contribution in [2.45, 2.75) is 39.5 Å². The van der Waals surface area contributed by atoms with Crippen LogP contribution in [0.3, 0.4) is 0 Å². The van der Waals surface area contributed by atoms with E-state index in [1.807, 2.05) is 50.2 Å². The van der Waals surface area contributed by atoms with E-state index in [9.17, 15) is 9.59 Å². The van der Waals surface area contributed by atoms with Crippen molar-refractivity contribution in [1.29, 1.82) is 0 Å². The number of anilines is 2. The second kappa shape index (κ2) is 8.11. The van der Waals surface area contributed by atoms with Gasteiger partial charge in [-0.2, -0.15) is 0 Å². The number of benzene rings is 2. The van der Waals surface area contributed by atoms with Gasteiger partial charge in [0.25, 0.3) is 0 Å². The summed E-state index contributed by atoms with van der Waals surface area (Å²) < 4.78 is 0. The van der Waals surface area contributed by atoms with Crippen molar-refractivity contribution in [3.8, 4) is 0 Å². The van der Waals surface area contributed by atoms with Crippen LogP contribution in [0.4, 0.5) is 11.9 Å². The molecule has 0 radical (unpaired) electrons. The molecule has 0 bridgehead atoms. The van der Waals surface area contributed by atoms with Crippen LogP contribution in [-0.2, 0) is 9.59 Å². The van der Waals surface area contributed by atoms with Gasteiger partial charge in [-0.3, -0.25) is 20.2 Å². The van der Waals surface area contributed by atoms with Gasteiger partial charge in [0.2, 0.25) is 23.7 Å². The van der Waals surface area contributed by atoms with E-state index in [1.54, 1.807) is 0 Å². The number of hydrogen-bond acceptors (Lipinski definition) is 4. The van der Waals surface area contributed by atoms with Crippen LogP contribution in [0.5, 0.6) is 0 Å².